The van der Waals surface area contributed by atoms with Crippen LogP contribution < -0.4 is 4.72 Å². The number of nitrogens with one attached hydrogen (secondary N) is 1. The molecule has 98 valence electrons. The molecular weight excluding hydrogens is 328 g/mol. The van der Waals surface area contributed by atoms with Crippen LogP contribution in [0.4, 0.5) is 0 Å². The van der Waals surface area contributed by atoms with E-state index in [1.807, 2.05) is 13.2 Å². The number of hydrogen-bond donors (Lipinski definition) is 1. The fourth-order valence-electron chi connectivity index (χ4n) is 1.27. The van der Waals surface area contributed by atoms with Crippen LogP contribution in [-0.2, 0) is 17.1 Å². The van der Waals surface area contributed by atoms with E-state index < -0.39 is 10.0 Å². The van der Waals surface area contributed by atoms with E-state index in [1.54, 1.807) is 11.8 Å². The Balaban J connectivity index is 2.76. The van der Waals surface area contributed by atoms with Crippen molar-refractivity contribution in [1.29, 1.82) is 0 Å². The molecule has 6 nitrogen and oxygen atoms in total. The second-order valence-electron chi connectivity index (χ2n) is 3.72. The van der Waals surface area contributed by atoms with E-state index in [-0.39, 0.29) is 15.5 Å². The van der Waals surface area contributed by atoms with Crippen molar-refractivity contribution in [1.82, 2.24) is 19.7 Å². The molecule has 0 fully saturated rings. The summed E-state index contributed by atoms with van der Waals surface area (Å²) in [5.41, 5.74) is 0. The zero-order chi connectivity index (χ0) is 13.1. The fourth-order valence-corrected chi connectivity index (χ4v) is 4.21. The van der Waals surface area contributed by atoms with E-state index >= 15 is 0 Å². The molecule has 1 heterocycles. The predicted octanol–water partition coefficient (Wildman–Crippen LogP) is 0.855. The van der Waals surface area contributed by atoms with Gasteiger partial charge in [-0.15, -0.1) is 5.10 Å². The van der Waals surface area contributed by atoms with Crippen LogP contribution in [0.25, 0.3) is 0 Å². The van der Waals surface area contributed by atoms with Crippen molar-refractivity contribution in [3.05, 3.63) is 4.60 Å². The third-order valence-corrected chi connectivity index (χ3v) is 5.28. The van der Waals surface area contributed by atoms with Gasteiger partial charge in [0.05, 0.1) is 0 Å². The molecule has 0 spiro atoms. The minimum absolute atomic E-state index is 0.0499. The number of halogens is 1. The molecule has 0 aromatic carbocycles. The third kappa shape index (κ3) is 3.94. The smallest absolute Gasteiger partial charge is 0.235 e. The van der Waals surface area contributed by atoms with E-state index in [0.717, 1.165) is 5.75 Å². The summed E-state index contributed by atoms with van der Waals surface area (Å²) in [6, 6.07) is 0. The quantitative estimate of drug-likeness (QED) is 0.829. The van der Waals surface area contributed by atoms with Crippen molar-refractivity contribution in [3.8, 4) is 0 Å². The van der Waals surface area contributed by atoms with Gasteiger partial charge in [-0.25, -0.2) is 17.8 Å². The molecule has 0 saturated carbocycles. The fraction of sp³-hybridized carbons (Fsp3) is 0.750. The molecule has 0 amide bonds. The first-order valence-corrected chi connectivity index (χ1v) is 8.59. The standard InChI is InChI=1S/C8H15BrN4O2S2/c1-6(5-16-3)4-10-17(14,15)8-7(9)11-12-13(8)2/h6,10H,4-5H2,1-3H3. The van der Waals surface area contributed by atoms with Gasteiger partial charge in [0.1, 0.15) is 0 Å². The van der Waals surface area contributed by atoms with Crippen molar-refractivity contribution in [3.63, 3.8) is 0 Å². The zero-order valence-corrected chi connectivity index (χ0v) is 13.1. The summed E-state index contributed by atoms with van der Waals surface area (Å²) in [6.07, 6.45) is 1.99. The van der Waals surface area contributed by atoms with Crippen molar-refractivity contribution in [2.45, 2.75) is 11.9 Å². The monoisotopic (exact) mass is 342 g/mol. The zero-order valence-electron chi connectivity index (χ0n) is 9.84. The molecule has 0 aliphatic heterocycles. The Hall–Kier alpha value is -0.120. The lowest BCUT2D eigenvalue weighted by Crippen LogP contribution is -2.30. The SMILES string of the molecule is CSCC(C)CNS(=O)(=O)c1c(Br)nnn1C. The van der Waals surface area contributed by atoms with Crippen LogP contribution in [0.3, 0.4) is 0 Å². The number of hydrogen-bond acceptors (Lipinski definition) is 5. The summed E-state index contributed by atoms with van der Waals surface area (Å²) in [4.78, 5) is 0. The maximum atomic E-state index is 12.0. The summed E-state index contributed by atoms with van der Waals surface area (Å²) >= 11 is 4.76. The Morgan fingerprint density at radius 3 is 2.71 bits per heavy atom. The minimum atomic E-state index is -3.56. The Kier molecular flexibility index (Phi) is 5.42. The summed E-state index contributed by atoms with van der Waals surface area (Å²) in [7, 11) is -2.02. The van der Waals surface area contributed by atoms with E-state index in [0.29, 0.717) is 6.54 Å². The summed E-state index contributed by atoms with van der Waals surface area (Å²) in [5.74, 6) is 1.19. The third-order valence-electron chi connectivity index (χ3n) is 2.06. The number of sulfonamides is 1. The normalized spacial score (nSPS) is 13.9. The molecule has 0 aliphatic rings. The summed E-state index contributed by atoms with van der Waals surface area (Å²) in [6.45, 7) is 2.40. The van der Waals surface area contributed by atoms with E-state index in [1.165, 1.54) is 11.7 Å². The summed E-state index contributed by atoms with van der Waals surface area (Å²) in [5, 5.41) is 7.34. The highest BCUT2D eigenvalue weighted by Crippen LogP contribution is 2.17. The Morgan fingerprint density at radius 1 is 1.59 bits per heavy atom. The number of rotatable bonds is 6. The number of aryl methyl sites for hydroxylation is 1. The topological polar surface area (TPSA) is 76.9 Å². The first-order chi connectivity index (χ1) is 7.88. The van der Waals surface area contributed by atoms with Gasteiger partial charge in [-0.05, 0) is 33.9 Å². The Morgan fingerprint density at radius 2 is 2.24 bits per heavy atom. The molecule has 0 bridgehead atoms. The maximum absolute atomic E-state index is 12.0. The van der Waals surface area contributed by atoms with Crippen molar-refractivity contribution in [2.24, 2.45) is 13.0 Å². The highest BCUT2D eigenvalue weighted by molar-refractivity contribution is 9.10. The maximum Gasteiger partial charge on any atom is 0.260 e. The van der Waals surface area contributed by atoms with Gasteiger partial charge in [-0.2, -0.15) is 11.8 Å². The van der Waals surface area contributed by atoms with Gasteiger partial charge in [-0.1, -0.05) is 12.1 Å². The second kappa shape index (κ2) is 6.17. The lowest BCUT2D eigenvalue weighted by Gasteiger charge is -2.11. The Bertz CT molecular complexity index is 454. The number of thioether (sulfide) groups is 1. The van der Waals surface area contributed by atoms with Gasteiger partial charge in [-0.3, -0.25) is 0 Å². The highest BCUT2D eigenvalue weighted by atomic mass is 79.9. The van der Waals surface area contributed by atoms with Crippen LogP contribution in [0.15, 0.2) is 9.63 Å². The van der Waals surface area contributed by atoms with Gasteiger partial charge >= 0.3 is 0 Å². The molecule has 0 aliphatic carbocycles. The lowest BCUT2D eigenvalue weighted by molar-refractivity contribution is 0.546. The molecule has 1 aromatic rings. The largest absolute Gasteiger partial charge is 0.260 e. The molecule has 0 radical (unpaired) electrons. The molecule has 1 atom stereocenters. The van der Waals surface area contributed by atoms with Gasteiger partial charge in [0.15, 0.2) is 4.60 Å². The van der Waals surface area contributed by atoms with Crippen molar-refractivity contribution >= 4 is 37.7 Å². The van der Waals surface area contributed by atoms with Crippen LogP contribution in [0.1, 0.15) is 6.92 Å². The second-order valence-corrected chi connectivity index (χ2v) is 7.07. The van der Waals surface area contributed by atoms with Gasteiger partial charge in [0, 0.05) is 13.6 Å². The van der Waals surface area contributed by atoms with E-state index in [4.69, 9.17) is 0 Å². The molecule has 1 aromatic heterocycles. The molecule has 1 N–H and O–H groups in total. The predicted molar refractivity (Wildman–Crippen MR) is 71.4 cm³/mol. The summed E-state index contributed by atoms with van der Waals surface area (Å²) < 4.78 is 28.0. The van der Waals surface area contributed by atoms with E-state index in [9.17, 15) is 8.42 Å². The van der Waals surface area contributed by atoms with Crippen LogP contribution in [0.2, 0.25) is 0 Å². The van der Waals surface area contributed by atoms with E-state index in [2.05, 4.69) is 31.0 Å². The van der Waals surface area contributed by atoms with Crippen LogP contribution in [0.5, 0.6) is 0 Å². The lowest BCUT2D eigenvalue weighted by atomic mass is 10.2. The van der Waals surface area contributed by atoms with Crippen molar-refractivity contribution < 1.29 is 8.42 Å². The van der Waals surface area contributed by atoms with Gasteiger partial charge in [0.25, 0.3) is 10.0 Å². The first kappa shape index (κ1) is 14.9. The number of nitrogens with zero attached hydrogens (tertiary/aromatic N) is 3. The average Bonchev–Trinajstić information content (AvgIpc) is 2.57. The molecule has 17 heavy (non-hydrogen) atoms. The van der Waals surface area contributed by atoms with Crippen LogP contribution in [0, 0.1) is 5.92 Å². The Labute approximate surface area is 114 Å². The van der Waals surface area contributed by atoms with Crippen molar-refractivity contribution in [2.75, 3.05) is 18.6 Å². The molecule has 9 heteroatoms. The molecule has 1 rings (SSSR count). The molecule has 0 saturated heterocycles. The van der Waals surface area contributed by atoms with Gasteiger partial charge < -0.3 is 0 Å². The first-order valence-electron chi connectivity index (χ1n) is 4.92. The molecule has 1 unspecified atom stereocenters. The van der Waals surface area contributed by atoms with Gasteiger partial charge in [0.2, 0.25) is 5.03 Å². The number of aromatic nitrogens is 3. The minimum Gasteiger partial charge on any atom is -0.235 e. The van der Waals surface area contributed by atoms with Crippen LogP contribution in [-0.4, -0.2) is 42.0 Å². The highest BCUT2D eigenvalue weighted by Gasteiger charge is 2.23. The van der Waals surface area contributed by atoms with Crippen LogP contribution >= 0.6 is 27.7 Å². The average molecular weight is 343 g/mol. The molecular formula is C8H15BrN4O2S2.